The Morgan fingerprint density at radius 1 is 1.16 bits per heavy atom. The quantitative estimate of drug-likeness (QED) is 0.192. The molecule has 1 aliphatic carbocycles. The van der Waals surface area contributed by atoms with E-state index < -0.39 is 36.7 Å². The Bertz CT molecular complexity index is 2080. The van der Waals surface area contributed by atoms with E-state index >= 15 is 4.39 Å². The number of carbonyl (C=O) groups excluding carboxylic acids is 2. The number of fused-ring (bicyclic) bond motifs is 3. The number of nitrogens with one attached hydrogen (secondary N) is 1. The van der Waals surface area contributed by atoms with Crippen LogP contribution >= 0.6 is 0 Å². The number of amides is 2. The highest BCUT2D eigenvalue weighted by Gasteiger charge is 2.31. The van der Waals surface area contributed by atoms with Crippen LogP contribution in [0.1, 0.15) is 49.7 Å². The van der Waals surface area contributed by atoms with Gasteiger partial charge < -0.3 is 33.4 Å². The lowest BCUT2D eigenvalue weighted by atomic mass is 10.0. The molecule has 264 valence electrons. The maximum absolute atomic E-state index is 15.2. The average molecular weight is 693 g/mol. The normalized spacial score (nSPS) is 16.1. The summed E-state index contributed by atoms with van der Waals surface area (Å²) in [5, 5.41) is 3.36. The number of carbonyl (C=O) groups is 2. The van der Waals surface area contributed by atoms with Crippen LogP contribution in [0.5, 0.6) is 5.75 Å². The third kappa shape index (κ3) is 6.85. The first kappa shape index (κ1) is 33.4. The predicted octanol–water partition coefficient (Wildman–Crippen LogP) is 5.57. The van der Waals surface area contributed by atoms with Crippen molar-refractivity contribution in [2.75, 3.05) is 19.8 Å². The van der Waals surface area contributed by atoms with Crippen LogP contribution in [0.2, 0.25) is 0 Å². The highest BCUT2D eigenvalue weighted by atomic mass is 19.1. The number of ether oxygens (including phenoxy) is 2. The van der Waals surface area contributed by atoms with Crippen LogP contribution in [0.15, 0.2) is 42.9 Å². The molecule has 2 aliphatic rings. The van der Waals surface area contributed by atoms with Gasteiger partial charge in [0.15, 0.2) is 11.5 Å². The number of aromatic nitrogens is 6. The van der Waals surface area contributed by atoms with Gasteiger partial charge in [-0.3, -0.25) is 4.79 Å². The summed E-state index contributed by atoms with van der Waals surface area (Å²) in [6.45, 7) is 5.02. The van der Waals surface area contributed by atoms with Crippen molar-refractivity contribution in [2.45, 2.75) is 71.1 Å². The number of nitrogens with zero attached hydrogens (tertiary/aromatic N) is 7. The number of hydrogen-bond acceptors (Lipinski definition) is 7. The maximum Gasteiger partial charge on any atom is 0.408 e. The zero-order valence-electron chi connectivity index (χ0n) is 28.3. The van der Waals surface area contributed by atoms with Crippen LogP contribution in [0.3, 0.4) is 0 Å². The molecule has 0 radical (unpaired) electrons. The summed E-state index contributed by atoms with van der Waals surface area (Å²) in [7, 11) is 1.87. The molecule has 1 aliphatic heterocycles. The summed E-state index contributed by atoms with van der Waals surface area (Å²) < 4.78 is 58.8. The molecule has 2 amide bonds. The molecule has 1 unspecified atom stereocenters. The summed E-state index contributed by atoms with van der Waals surface area (Å²) >= 11 is 0. The fourth-order valence-corrected chi connectivity index (χ4v) is 6.41. The van der Waals surface area contributed by atoms with Gasteiger partial charge in [0.1, 0.15) is 23.5 Å². The van der Waals surface area contributed by atoms with Gasteiger partial charge in [-0.05, 0) is 57.7 Å². The van der Waals surface area contributed by atoms with Crippen molar-refractivity contribution < 1.29 is 32.2 Å². The second-order valence-corrected chi connectivity index (χ2v) is 14.0. The van der Waals surface area contributed by atoms with Crippen molar-refractivity contribution >= 4 is 34.1 Å². The number of alkyl halides is 2. The van der Waals surface area contributed by atoms with Crippen molar-refractivity contribution in [2.24, 2.45) is 13.0 Å². The second-order valence-electron chi connectivity index (χ2n) is 14.0. The fourth-order valence-electron chi connectivity index (χ4n) is 6.41. The van der Waals surface area contributed by atoms with Crippen LogP contribution in [-0.4, -0.2) is 83.3 Å². The number of rotatable bonds is 11. The Kier molecular flexibility index (Phi) is 8.68. The topological polar surface area (TPSA) is 121 Å². The first-order valence-corrected chi connectivity index (χ1v) is 16.7. The predicted molar refractivity (Wildman–Crippen MR) is 179 cm³/mol. The number of alkyl carbamates (subject to hydrolysis) is 1. The Morgan fingerprint density at radius 3 is 2.66 bits per heavy atom. The van der Waals surface area contributed by atoms with Gasteiger partial charge in [-0.2, -0.15) is 8.78 Å². The standard InChI is InChI=1S/C35H39F3N8O4/c1-35(2,3)50-34(48)40-22(14-36)16-45-11-10-24-23(33(45)47)13-25-31(41-24)43(4)32(42-25)26-12-21-6-5-7-27(30(21)46(26)15-20-8-9-20)49-29(38)18-44-17-28(37)39-19-44/h5-7,12-13,17,19-20,22,29H,8-11,14-16,18H2,1-4H3,(H,40,48)/t22-,29?/m1/s1. The minimum Gasteiger partial charge on any atom is -0.456 e. The largest absolute Gasteiger partial charge is 0.456 e. The van der Waals surface area contributed by atoms with Crippen LogP contribution in [0.25, 0.3) is 33.6 Å². The Labute approximate surface area is 286 Å². The molecule has 15 heteroatoms. The molecule has 7 rings (SSSR count). The molecule has 2 atom stereocenters. The summed E-state index contributed by atoms with van der Waals surface area (Å²) in [5.74, 6) is 0.412. The third-order valence-corrected chi connectivity index (χ3v) is 8.87. The van der Waals surface area contributed by atoms with Gasteiger partial charge in [0, 0.05) is 38.5 Å². The summed E-state index contributed by atoms with van der Waals surface area (Å²) in [6, 6.07) is 8.22. The molecule has 50 heavy (non-hydrogen) atoms. The molecule has 5 aromatic rings. The molecule has 4 aromatic heterocycles. The average Bonchev–Trinajstić information content (AvgIpc) is 3.54. The highest BCUT2D eigenvalue weighted by molar-refractivity contribution is 5.99. The van der Waals surface area contributed by atoms with Gasteiger partial charge in [-0.1, -0.05) is 12.1 Å². The first-order chi connectivity index (χ1) is 23.9. The molecule has 1 aromatic carbocycles. The molecule has 0 spiro atoms. The minimum absolute atomic E-state index is 0.0237. The lowest BCUT2D eigenvalue weighted by Crippen LogP contribution is -2.50. The molecule has 1 N–H and O–H groups in total. The maximum atomic E-state index is 15.2. The van der Waals surface area contributed by atoms with Crippen molar-refractivity contribution in [3.63, 3.8) is 0 Å². The minimum atomic E-state index is -1.75. The zero-order chi connectivity index (χ0) is 35.3. The van der Waals surface area contributed by atoms with E-state index in [1.54, 1.807) is 39.0 Å². The van der Waals surface area contributed by atoms with Crippen LogP contribution in [0, 0.1) is 11.9 Å². The van der Waals surface area contributed by atoms with Crippen molar-refractivity contribution in [1.29, 1.82) is 0 Å². The Morgan fingerprint density at radius 2 is 1.96 bits per heavy atom. The lowest BCUT2D eigenvalue weighted by molar-refractivity contribution is 0.0465. The summed E-state index contributed by atoms with van der Waals surface area (Å²) in [6.07, 6.45) is 2.42. The molecule has 0 bridgehead atoms. The Hall–Kier alpha value is -5.08. The molecular weight excluding hydrogens is 653 g/mol. The van der Waals surface area contributed by atoms with Gasteiger partial charge in [0.05, 0.1) is 47.6 Å². The van der Waals surface area contributed by atoms with Crippen molar-refractivity contribution in [3.05, 3.63) is 60.1 Å². The number of hydrogen-bond donors (Lipinski definition) is 1. The third-order valence-electron chi connectivity index (χ3n) is 8.87. The molecule has 0 saturated heterocycles. The highest BCUT2D eigenvalue weighted by Crippen LogP contribution is 2.39. The number of para-hydroxylation sites is 1. The van der Waals surface area contributed by atoms with Gasteiger partial charge in [-0.25, -0.2) is 24.1 Å². The van der Waals surface area contributed by atoms with Crippen LogP contribution < -0.4 is 10.1 Å². The number of pyridine rings is 1. The van der Waals surface area contributed by atoms with Gasteiger partial charge in [-0.15, -0.1) is 0 Å². The number of halogens is 3. The monoisotopic (exact) mass is 692 g/mol. The van der Waals surface area contributed by atoms with E-state index in [9.17, 15) is 18.4 Å². The second kappa shape index (κ2) is 13.0. The lowest BCUT2D eigenvalue weighted by Gasteiger charge is -2.31. The molecule has 1 saturated carbocycles. The summed E-state index contributed by atoms with van der Waals surface area (Å²) in [4.78, 5) is 40.7. The molecule has 5 heterocycles. The van der Waals surface area contributed by atoms with E-state index in [1.165, 1.54) is 15.8 Å². The smallest absolute Gasteiger partial charge is 0.408 e. The summed E-state index contributed by atoms with van der Waals surface area (Å²) in [5.41, 5.74) is 2.88. The van der Waals surface area contributed by atoms with E-state index in [0.29, 0.717) is 59.4 Å². The van der Waals surface area contributed by atoms with E-state index in [1.807, 2.05) is 23.7 Å². The zero-order valence-corrected chi connectivity index (χ0v) is 28.3. The van der Waals surface area contributed by atoms with Crippen LogP contribution in [-0.2, 0) is 31.3 Å². The molecular formula is C35H39F3N8O4. The molecule has 1 fully saturated rings. The SMILES string of the molecule is Cn1c(-c2cc3cccc(OC(F)Cn4cnc(F)c4)c3n2CC2CC2)nc2cc3c(nc21)CCN(C[C@@H](CF)NC(=O)OC(C)(C)C)C3=O. The number of imidazole rings is 2. The van der Waals surface area contributed by atoms with Crippen molar-refractivity contribution in [3.8, 4) is 17.3 Å². The van der Waals surface area contributed by atoms with Crippen molar-refractivity contribution in [1.82, 2.24) is 38.9 Å². The fraction of sp³-hybridized carbons (Fsp3) is 0.457. The Balaban J connectivity index is 1.18. The van der Waals surface area contributed by atoms with Gasteiger partial charge in [0.2, 0.25) is 5.95 Å². The van der Waals surface area contributed by atoms with E-state index in [4.69, 9.17) is 19.4 Å². The van der Waals surface area contributed by atoms with E-state index in [-0.39, 0.29) is 19.0 Å². The van der Waals surface area contributed by atoms with E-state index in [2.05, 4.69) is 14.9 Å². The number of aryl methyl sites for hydroxylation is 1. The van der Waals surface area contributed by atoms with E-state index in [0.717, 1.165) is 35.6 Å². The number of benzene rings is 1. The molecule has 12 nitrogen and oxygen atoms in total. The van der Waals surface area contributed by atoms with Gasteiger partial charge >= 0.3 is 6.09 Å². The van der Waals surface area contributed by atoms with Crippen LogP contribution in [0.4, 0.5) is 18.0 Å². The first-order valence-electron chi connectivity index (χ1n) is 16.7. The van der Waals surface area contributed by atoms with Gasteiger partial charge in [0.25, 0.3) is 12.3 Å².